The number of rotatable bonds is 9. The van der Waals surface area contributed by atoms with Crippen molar-refractivity contribution in [3.8, 4) is 15.6 Å². The van der Waals surface area contributed by atoms with Gasteiger partial charge in [-0.2, -0.15) is 8.78 Å². The van der Waals surface area contributed by atoms with E-state index in [1.165, 1.54) is 22.7 Å². The van der Waals surface area contributed by atoms with Crippen LogP contribution >= 0.6 is 22.7 Å². The van der Waals surface area contributed by atoms with Gasteiger partial charge in [0.1, 0.15) is 21.2 Å². The fraction of sp³-hybridized carbons (Fsp3) is 0.696. The minimum absolute atomic E-state index is 0.0384. The number of thiophene rings is 1. The maximum Gasteiger partial charge on any atom is 0.387 e. The summed E-state index contributed by atoms with van der Waals surface area (Å²) in [6.07, 6.45) is 1.53. The van der Waals surface area contributed by atoms with Gasteiger partial charge in [0.05, 0.1) is 0 Å². The number of aryl methyl sites for hydroxylation is 1. The average molecular weight is 505 g/mol. The molecule has 0 saturated carbocycles. The van der Waals surface area contributed by atoms with Crippen molar-refractivity contribution < 1.29 is 28.5 Å². The first-order valence-electron chi connectivity index (χ1n) is 11.2. The molecule has 3 heterocycles. The maximum absolute atomic E-state index is 12.8. The van der Waals surface area contributed by atoms with Crippen LogP contribution < -0.4 is 4.74 Å². The van der Waals surface area contributed by atoms with Gasteiger partial charge in [0, 0.05) is 42.2 Å². The Labute approximate surface area is 202 Å². The van der Waals surface area contributed by atoms with Gasteiger partial charge < -0.3 is 19.7 Å². The lowest BCUT2D eigenvalue weighted by Gasteiger charge is -2.50. The van der Waals surface area contributed by atoms with E-state index in [2.05, 4.69) is 35.4 Å². The normalized spacial score (nSPS) is 22.5. The van der Waals surface area contributed by atoms with Crippen molar-refractivity contribution in [1.82, 2.24) is 9.88 Å². The van der Waals surface area contributed by atoms with Gasteiger partial charge in [-0.15, -0.1) is 22.7 Å². The summed E-state index contributed by atoms with van der Waals surface area (Å²) in [6.45, 7) is 9.62. The summed E-state index contributed by atoms with van der Waals surface area (Å²) in [5, 5.41) is 21.2. The molecular formula is C23H34F2N2O4S2. The number of aliphatic hydroxyl groups excluding tert-OH is 1. The Morgan fingerprint density at radius 3 is 2.64 bits per heavy atom. The van der Waals surface area contributed by atoms with Gasteiger partial charge in [0.2, 0.25) is 0 Å². The molecule has 2 atom stereocenters. The van der Waals surface area contributed by atoms with Crippen molar-refractivity contribution in [1.29, 1.82) is 0 Å². The average Bonchev–Trinajstić information content (AvgIpc) is 3.31. The predicted molar refractivity (Wildman–Crippen MR) is 127 cm³/mol. The molecule has 1 fully saturated rings. The molecule has 0 aromatic carbocycles. The van der Waals surface area contributed by atoms with Gasteiger partial charge in [0.15, 0.2) is 6.29 Å². The molecule has 0 bridgehead atoms. The topological polar surface area (TPSA) is 75.0 Å². The van der Waals surface area contributed by atoms with Crippen molar-refractivity contribution in [2.24, 2.45) is 11.3 Å². The van der Waals surface area contributed by atoms with E-state index in [0.717, 1.165) is 22.7 Å². The molecule has 0 radical (unpaired) electrons. The third-order valence-corrected chi connectivity index (χ3v) is 8.18. The second-order valence-electron chi connectivity index (χ2n) is 9.78. The number of hydrogen-bond donors (Lipinski definition) is 2. The van der Waals surface area contributed by atoms with Crippen LogP contribution in [0.3, 0.4) is 0 Å². The van der Waals surface area contributed by atoms with Crippen LogP contribution in [0.4, 0.5) is 8.78 Å². The molecule has 1 aliphatic heterocycles. The Bertz CT molecular complexity index is 913. The first kappa shape index (κ1) is 26.4. The number of likely N-dealkylation sites (tertiary alicyclic amines) is 1. The Kier molecular flexibility index (Phi) is 8.51. The molecule has 2 aromatic heterocycles. The van der Waals surface area contributed by atoms with Crippen LogP contribution in [-0.2, 0) is 11.3 Å². The van der Waals surface area contributed by atoms with Gasteiger partial charge in [-0.25, -0.2) is 4.98 Å². The fourth-order valence-electron chi connectivity index (χ4n) is 4.20. The third kappa shape index (κ3) is 6.49. The van der Waals surface area contributed by atoms with Crippen molar-refractivity contribution in [2.75, 3.05) is 19.7 Å². The van der Waals surface area contributed by atoms with Crippen molar-refractivity contribution in [3.63, 3.8) is 0 Å². The van der Waals surface area contributed by atoms with Crippen molar-refractivity contribution >= 4 is 22.7 Å². The number of alkyl halides is 2. The molecular weight excluding hydrogens is 470 g/mol. The first-order chi connectivity index (χ1) is 15.4. The molecule has 33 heavy (non-hydrogen) atoms. The van der Waals surface area contributed by atoms with E-state index in [0.29, 0.717) is 36.0 Å². The number of nitrogens with zero attached hydrogens (tertiary/aromatic N) is 2. The van der Waals surface area contributed by atoms with E-state index in [1.807, 2.05) is 13.8 Å². The SMILES string of the molecule is CCCOC1(C(O)O)C[C@@H](C(C)(C)C)CN(Cc2cnc(-c3sc(C)cc3OC(F)F)s2)C1. The summed E-state index contributed by atoms with van der Waals surface area (Å²) in [5.74, 6) is 0.345. The number of ether oxygens (including phenoxy) is 2. The minimum Gasteiger partial charge on any atom is -0.433 e. The molecule has 6 nitrogen and oxygen atoms in total. The highest BCUT2D eigenvalue weighted by Crippen LogP contribution is 2.43. The lowest BCUT2D eigenvalue weighted by Crippen LogP contribution is -2.60. The van der Waals surface area contributed by atoms with E-state index in [-0.39, 0.29) is 17.1 Å². The Balaban J connectivity index is 1.83. The van der Waals surface area contributed by atoms with Gasteiger partial charge in [-0.3, -0.25) is 4.90 Å². The number of halogens is 2. The van der Waals surface area contributed by atoms with Gasteiger partial charge in [-0.1, -0.05) is 27.7 Å². The second-order valence-corrected chi connectivity index (χ2v) is 12.2. The quantitative estimate of drug-likeness (QED) is 0.462. The number of hydrogen-bond acceptors (Lipinski definition) is 8. The van der Waals surface area contributed by atoms with Crippen LogP contribution in [0.2, 0.25) is 0 Å². The van der Waals surface area contributed by atoms with E-state index < -0.39 is 18.5 Å². The molecule has 3 rings (SSSR count). The molecule has 1 saturated heterocycles. The van der Waals surface area contributed by atoms with Crippen molar-refractivity contribution in [2.45, 2.75) is 72.5 Å². The van der Waals surface area contributed by atoms with Crippen LogP contribution in [0.1, 0.15) is 50.3 Å². The zero-order chi connectivity index (χ0) is 24.4. The monoisotopic (exact) mass is 504 g/mol. The second kappa shape index (κ2) is 10.6. The van der Waals surface area contributed by atoms with Crippen molar-refractivity contribution in [3.05, 3.63) is 22.0 Å². The predicted octanol–water partition coefficient (Wildman–Crippen LogP) is 5.13. The molecule has 1 unspecified atom stereocenters. The number of piperidine rings is 1. The molecule has 0 amide bonds. The number of aliphatic hydroxyl groups is 2. The number of thiazole rings is 1. The Morgan fingerprint density at radius 2 is 2.03 bits per heavy atom. The van der Waals surface area contributed by atoms with E-state index in [9.17, 15) is 19.0 Å². The molecule has 1 aliphatic rings. The van der Waals surface area contributed by atoms with E-state index >= 15 is 0 Å². The summed E-state index contributed by atoms with van der Waals surface area (Å²) >= 11 is 2.81. The zero-order valence-electron chi connectivity index (χ0n) is 19.8. The smallest absolute Gasteiger partial charge is 0.387 e. The Morgan fingerprint density at radius 1 is 1.30 bits per heavy atom. The largest absolute Gasteiger partial charge is 0.433 e. The molecule has 10 heteroatoms. The van der Waals surface area contributed by atoms with E-state index in [4.69, 9.17) is 4.74 Å². The lowest BCUT2D eigenvalue weighted by molar-refractivity contribution is -0.240. The summed E-state index contributed by atoms with van der Waals surface area (Å²) < 4.78 is 36.4. The molecule has 0 aliphatic carbocycles. The van der Waals surface area contributed by atoms with Crippen LogP contribution in [0, 0.1) is 18.3 Å². The highest BCUT2D eigenvalue weighted by atomic mass is 32.1. The summed E-state index contributed by atoms with van der Waals surface area (Å²) in [6, 6.07) is 1.61. The Hall–Kier alpha value is -1.17. The molecule has 2 N–H and O–H groups in total. The highest BCUT2D eigenvalue weighted by molar-refractivity contribution is 7.22. The van der Waals surface area contributed by atoms with Crippen LogP contribution in [0.5, 0.6) is 5.75 Å². The van der Waals surface area contributed by atoms with Gasteiger partial charge in [0.25, 0.3) is 0 Å². The fourth-order valence-corrected chi connectivity index (χ4v) is 6.19. The highest BCUT2D eigenvalue weighted by Gasteiger charge is 2.48. The minimum atomic E-state index is -2.89. The summed E-state index contributed by atoms with van der Waals surface area (Å²) in [4.78, 5) is 9.09. The zero-order valence-corrected chi connectivity index (χ0v) is 21.4. The van der Waals surface area contributed by atoms with E-state index in [1.54, 1.807) is 12.3 Å². The summed E-state index contributed by atoms with van der Waals surface area (Å²) in [7, 11) is 0. The molecule has 2 aromatic rings. The molecule has 186 valence electrons. The summed E-state index contributed by atoms with van der Waals surface area (Å²) in [5.41, 5.74) is -1.09. The van der Waals surface area contributed by atoms with Crippen LogP contribution in [-0.4, -0.2) is 58.3 Å². The lowest BCUT2D eigenvalue weighted by atomic mass is 9.71. The number of aromatic nitrogens is 1. The maximum atomic E-state index is 12.8. The van der Waals surface area contributed by atoms with Crippen LogP contribution in [0.25, 0.3) is 9.88 Å². The first-order valence-corrected chi connectivity index (χ1v) is 12.8. The standard InChI is InChI=1S/C23H34F2N2O4S2/c1-6-7-30-23(20(28)29)9-15(22(3,4)5)11-27(13-23)12-16-10-26-19(33-16)18-17(31-21(24)25)8-14(2)32-18/h8,10,15,20-21,28-29H,6-7,9,11-13H2,1-5H3/t15-,23?/m1/s1. The van der Waals surface area contributed by atoms with Gasteiger partial charge in [-0.05, 0) is 37.2 Å². The van der Waals surface area contributed by atoms with Crippen LogP contribution in [0.15, 0.2) is 12.3 Å². The third-order valence-electron chi connectivity index (χ3n) is 6.02. The molecule has 0 spiro atoms. The van der Waals surface area contributed by atoms with Gasteiger partial charge >= 0.3 is 6.61 Å².